The Morgan fingerprint density at radius 1 is 0.466 bits per heavy atom. The van der Waals surface area contributed by atoms with Crippen LogP contribution in [0.5, 0.6) is 46.0 Å². The molecule has 0 saturated carbocycles. The van der Waals surface area contributed by atoms with Gasteiger partial charge in [0.1, 0.15) is 32.2 Å². The van der Waals surface area contributed by atoms with Gasteiger partial charge in [0, 0.05) is 37.7 Å². The van der Waals surface area contributed by atoms with E-state index in [1.807, 2.05) is 6.08 Å². The Morgan fingerprint density at radius 3 is 1.23 bits per heavy atom. The van der Waals surface area contributed by atoms with E-state index in [1.165, 1.54) is 35.5 Å². The number of aliphatic carboxylic acids is 5. The van der Waals surface area contributed by atoms with Crippen molar-refractivity contribution in [3.63, 3.8) is 0 Å². The van der Waals surface area contributed by atoms with E-state index in [0.29, 0.717) is 74.3 Å². The third-order valence-corrected chi connectivity index (χ3v) is 11.8. The van der Waals surface area contributed by atoms with Crippen molar-refractivity contribution in [2.75, 3.05) is 42.2 Å². The molecule has 0 heterocycles. The molecule has 19 heteroatoms. The van der Waals surface area contributed by atoms with E-state index in [0.717, 1.165) is 17.2 Å². The van der Waals surface area contributed by atoms with Crippen molar-refractivity contribution in [1.29, 1.82) is 0 Å². The molecule has 390 valence electrons. The second-order valence-electron chi connectivity index (χ2n) is 16.6. The number of aryl methyl sites for hydroxylation is 4. The Balaban J connectivity index is 1.42. The van der Waals surface area contributed by atoms with Crippen LogP contribution in [-0.2, 0) is 74.2 Å². The molecule has 73 heavy (non-hydrogen) atoms. The minimum absolute atomic E-state index is 0.0312. The lowest BCUT2D eigenvalue weighted by Crippen LogP contribution is -2.14. The van der Waals surface area contributed by atoms with E-state index in [-0.39, 0.29) is 101 Å². The van der Waals surface area contributed by atoms with Crippen molar-refractivity contribution in [2.24, 2.45) is 5.92 Å². The van der Waals surface area contributed by atoms with Gasteiger partial charge in [0.15, 0.2) is 46.0 Å². The second kappa shape index (κ2) is 27.3. The van der Waals surface area contributed by atoms with Gasteiger partial charge in [-0.25, -0.2) is 4.79 Å². The van der Waals surface area contributed by atoms with Crippen LogP contribution in [0.4, 0.5) is 0 Å². The average molecular weight is 1010 g/mol. The topological polar surface area (TPSA) is 270 Å². The van der Waals surface area contributed by atoms with Gasteiger partial charge in [0.05, 0.1) is 35.5 Å². The first-order valence-electron chi connectivity index (χ1n) is 23.0. The maximum Gasteiger partial charge on any atom is 0.327 e. The number of carboxylic acids is 5. The molecule has 5 rings (SSSR count). The molecule has 5 N–H and O–H groups in total. The standard InChI is InChI=1S/C54H60O19/c1-65-41-13-8-33(9-16-51(57)58)37(21-41)28-71-47-22-35(11-18-53(61)62)39(26-43(47)67-3)30-73-49-24-36(12-19-54(63)64)40(27-45(49)69-5)31-72-48-23-34(10-17-52(59)60)38(25-44(48)68-4)29-70-46-20-32(7-15-50(55)56)6-14-42(46)66-2/h6,9,13-14,16,20-27,33H,7-8,10-12,15,17-19,28-31H2,1-5H3,(H,55,56)(H,57,58)(H,59,60)(H,61,62)(H,63,64). The number of allylic oxidation sites excluding steroid dienone is 3. The summed E-state index contributed by atoms with van der Waals surface area (Å²) in [6.45, 7) is -0.196. The number of carbonyl (C=O) groups is 5. The molecule has 0 aliphatic heterocycles. The quantitative estimate of drug-likeness (QED) is 0.0299. The van der Waals surface area contributed by atoms with Gasteiger partial charge in [0.25, 0.3) is 0 Å². The summed E-state index contributed by atoms with van der Waals surface area (Å²) in [5.74, 6) is -2.31. The van der Waals surface area contributed by atoms with Crippen LogP contribution >= 0.6 is 0 Å². The summed E-state index contributed by atoms with van der Waals surface area (Å²) in [7, 11) is 7.34. The fourth-order valence-corrected chi connectivity index (χ4v) is 7.88. The van der Waals surface area contributed by atoms with Gasteiger partial charge in [-0.3, -0.25) is 19.2 Å². The summed E-state index contributed by atoms with van der Waals surface area (Å²) in [6, 6.07) is 15.1. The third-order valence-electron chi connectivity index (χ3n) is 11.8. The highest BCUT2D eigenvalue weighted by molar-refractivity contribution is 5.79. The predicted molar refractivity (Wildman–Crippen MR) is 262 cm³/mol. The van der Waals surface area contributed by atoms with Gasteiger partial charge in [-0.2, -0.15) is 0 Å². The Labute approximate surface area is 421 Å². The minimum Gasteiger partial charge on any atom is -0.497 e. The van der Waals surface area contributed by atoms with Crippen LogP contribution in [0.1, 0.15) is 71.0 Å². The highest BCUT2D eigenvalue weighted by atomic mass is 16.5. The number of methoxy groups -OCH3 is 5. The normalized spacial score (nSPS) is 13.0. The molecule has 0 fully saturated rings. The number of rotatable bonds is 31. The Hall–Kier alpha value is -8.35. The van der Waals surface area contributed by atoms with Crippen LogP contribution in [0.25, 0.3) is 0 Å². The maximum atomic E-state index is 11.9. The van der Waals surface area contributed by atoms with E-state index >= 15 is 0 Å². The van der Waals surface area contributed by atoms with Gasteiger partial charge >= 0.3 is 29.8 Å². The smallest absolute Gasteiger partial charge is 0.327 e. The SMILES string of the molecule is COC1=CCC(C=CC(=O)O)C(COc2cc(CCC(=O)O)c(COc3cc(CCC(=O)O)c(COc4cc(CCC(=O)O)c(COc5cc(CCC(=O)O)ccc5OC)cc4OC)cc3OC)cc2OC)=C1. The fourth-order valence-electron chi connectivity index (χ4n) is 7.88. The molecule has 1 unspecified atom stereocenters. The van der Waals surface area contributed by atoms with Crippen LogP contribution < -0.4 is 37.9 Å². The lowest BCUT2D eigenvalue weighted by Gasteiger charge is -2.22. The van der Waals surface area contributed by atoms with Crippen molar-refractivity contribution in [1.82, 2.24) is 0 Å². The zero-order chi connectivity index (χ0) is 53.0. The van der Waals surface area contributed by atoms with E-state index in [4.69, 9.17) is 42.6 Å². The van der Waals surface area contributed by atoms with Gasteiger partial charge in [-0.15, -0.1) is 0 Å². The number of carboxylic acid groups (broad SMARTS) is 5. The van der Waals surface area contributed by atoms with Crippen LogP contribution in [0.3, 0.4) is 0 Å². The molecule has 4 aromatic carbocycles. The van der Waals surface area contributed by atoms with Crippen LogP contribution in [-0.4, -0.2) is 97.5 Å². The van der Waals surface area contributed by atoms with Crippen molar-refractivity contribution in [3.05, 3.63) is 129 Å². The van der Waals surface area contributed by atoms with Crippen LogP contribution in [0, 0.1) is 5.92 Å². The lowest BCUT2D eigenvalue weighted by atomic mass is 9.90. The molecule has 0 saturated heterocycles. The monoisotopic (exact) mass is 1010 g/mol. The van der Waals surface area contributed by atoms with E-state index in [9.17, 15) is 49.5 Å². The van der Waals surface area contributed by atoms with Crippen molar-refractivity contribution in [2.45, 2.75) is 77.6 Å². The number of hydrogen-bond acceptors (Lipinski definition) is 14. The molecule has 0 amide bonds. The van der Waals surface area contributed by atoms with Gasteiger partial charge in [0.2, 0.25) is 0 Å². The number of hydrogen-bond donors (Lipinski definition) is 5. The van der Waals surface area contributed by atoms with Crippen molar-refractivity contribution in [3.8, 4) is 46.0 Å². The predicted octanol–water partition coefficient (Wildman–Crippen LogP) is 8.02. The first-order valence-corrected chi connectivity index (χ1v) is 23.0. The van der Waals surface area contributed by atoms with Crippen LogP contribution in [0.2, 0.25) is 0 Å². The zero-order valence-corrected chi connectivity index (χ0v) is 41.2. The number of benzene rings is 4. The van der Waals surface area contributed by atoms with Gasteiger partial charge in [-0.05, 0) is 137 Å². The average Bonchev–Trinajstić information content (AvgIpc) is 3.37. The van der Waals surface area contributed by atoms with Gasteiger partial charge < -0.3 is 68.2 Å². The third kappa shape index (κ3) is 16.6. The first-order chi connectivity index (χ1) is 35.0. The zero-order valence-electron chi connectivity index (χ0n) is 41.2. The molecular formula is C54H60O19. The molecule has 1 aliphatic rings. The summed E-state index contributed by atoms with van der Waals surface area (Å²) in [4.78, 5) is 57.9. The largest absolute Gasteiger partial charge is 0.497 e. The number of ether oxygens (including phenoxy) is 9. The Bertz CT molecular complexity index is 2720. The maximum absolute atomic E-state index is 11.9. The minimum atomic E-state index is -1.09. The Kier molecular flexibility index (Phi) is 20.8. The first kappa shape index (κ1) is 55.6. The second-order valence-corrected chi connectivity index (χ2v) is 16.6. The molecule has 19 nitrogen and oxygen atoms in total. The van der Waals surface area contributed by atoms with E-state index in [1.54, 1.807) is 66.7 Å². The van der Waals surface area contributed by atoms with Gasteiger partial charge in [-0.1, -0.05) is 12.1 Å². The summed E-state index contributed by atoms with van der Waals surface area (Å²) < 4.78 is 53.2. The van der Waals surface area contributed by atoms with Crippen LogP contribution in [0.15, 0.2) is 90.2 Å². The molecule has 1 aliphatic carbocycles. The molecule has 4 aromatic rings. The molecular weight excluding hydrogens is 953 g/mol. The van der Waals surface area contributed by atoms with Crippen molar-refractivity contribution < 1.29 is 92.1 Å². The molecule has 0 bridgehead atoms. The highest BCUT2D eigenvalue weighted by Crippen LogP contribution is 2.39. The van der Waals surface area contributed by atoms with E-state index in [2.05, 4.69) is 0 Å². The summed E-state index contributed by atoms with van der Waals surface area (Å²) in [5.41, 5.74) is 4.91. The van der Waals surface area contributed by atoms with E-state index < -0.39 is 29.8 Å². The summed E-state index contributed by atoms with van der Waals surface area (Å²) in [5, 5.41) is 47.4. The fraction of sp³-hybridized carbons (Fsp3) is 0.352. The molecule has 0 spiro atoms. The molecule has 0 aromatic heterocycles. The lowest BCUT2D eigenvalue weighted by molar-refractivity contribution is -0.138. The summed E-state index contributed by atoms with van der Waals surface area (Å²) >= 11 is 0. The molecule has 1 atom stereocenters. The Morgan fingerprint density at radius 2 is 0.849 bits per heavy atom. The van der Waals surface area contributed by atoms with Crippen molar-refractivity contribution >= 4 is 29.8 Å². The summed E-state index contributed by atoms with van der Waals surface area (Å²) in [6.07, 6.45) is 6.57. The highest BCUT2D eigenvalue weighted by Gasteiger charge is 2.22. The molecule has 0 radical (unpaired) electrons.